The molecule has 1 aliphatic rings. The number of aromatic nitrogens is 4. The van der Waals surface area contributed by atoms with E-state index < -0.39 is 0 Å². The Morgan fingerprint density at radius 2 is 2.00 bits per heavy atom. The number of pyridine rings is 1. The summed E-state index contributed by atoms with van der Waals surface area (Å²) in [5.74, 6) is -0.348. The molecule has 0 radical (unpaired) electrons. The number of amides is 2. The molecule has 9 nitrogen and oxygen atoms in total. The van der Waals surface area contributed by atoms with Crippen LogP contribution in [0.1, 0.15) is 62.2 Å². The molecule has 38 heavy (non-hydrogen) atoms. The minimum atomic E-state index is -0.251. The van der Waals surface area contributed by atoms with Crippen molar-refractivity contribution in [2.75, 3.05) is 18.0 Å². The Morgan fingerprint density at radius 1 is 1.21 bits per heavy atom. The zero-order chi connectivity index (χ0) is 27.4. The zero-order valence-corrected chi connectivity index (χ0v) is 22.9. The minimum Gasteiger partial charge on any atom is -0.368 e. The van der Waals surface area contributed by atoms with Gasteiger partial charge in [0.2, 0.25) is 5.91 Å². The van der Waals surface area contributed by atoms with E-state index in [1.54, 1.807) is 24.0 Å². The van der Waals surface area contributed by atoms with Gasteiger partial charge in [0.1, 0.15) is 0 Å². The van der Waals surface area contributed by atoms with Gasteiger partial charge >= 0.3 is 0 Å². The van der Waals surface area contributed by atoms with Crippen LogP contribution in [-0.2, 0) is 16.9 Å². The predicted octanol–water partition coefficient (Wildman–Crippen LogP) is 3.99. The molecule has 2 aromatic heterocycles. The molecule has 2 N–H and O–H groups in total. The van der Waals surface area contributed by atoms with Gasteiger partial charge in [-0.15, -0.1) is 5.10 Å². The van der Waals surface area contributed by atoms with E-state index in [0.29, 0.717) is 17.8 Å². The number of carbonyl (C=O) groups is 2. The van der Waals surface area contributed by atoms with E-state index in [2.05, 4.69) is 49.5 Å². The van der Waals surface area contributed by atoms with Crippen LogP contribution in [0.3, 0.4) is 0 Å². The van der Waals surface area contributed by atoms with E-state index in [4.69, 9.17) is 0 Å². The molecule has 0 spiro atoms. The number of aryl methyl sites for hydroxylation is 1. The van der Waals surface area contributed by atoms with Crippen molar-refractivity contribution in [1.29, 1.82) is 0 Å². The molecule has 1 aliphatic heterocycles. The zero-order valence-electron chi connectivity index (χ0n) is 22.9. The topological polar surface area (TPSA) is 105 Å². The largest absolute Gasteiger partial charge is 0.368 e. The standard InChI is InChI=1S/C29H37N7O2/c1-19(2)27(37)32-23-8-7-13-35(17-23)26-16-30-12-11-24(26)21-9-10-22(20(3)14-21)15-31-28(38)25-18-36(34-33-25)29(4,5)6/h9-12,14,16,18,23H,1,7-8,13,15,17H2,2-6H3,(H,31,38)(H,32,37)/t23-/m0/s1. The molecular weight excluding hydrogens is 478 g/mol. The van der Waals surface area contributed by atoms with Crippen molar-refractivity contribution in [1.82, 2.24) is 30.6 Å². The third kappa shape index (κ3) is 6.27. The molecule has 3 heterocycles. The van der Waals surface area contributed by atoms with Crippen LogP contribution in [-0.4, -0.2) is 50.9 Å². The summed E-state index contributed by atoms with van der Waals surface area (Å²) in [7, 11) is 0. The maximum atomic E-state index is 12.6. The van der Waals surface area contributed by atoms with Crippen molar-refractivity contribution >= 4 is 17.5 Å². The lowest BCUT2D eigenvalue weighted by molar-refractivity contribution is -0.118. The number of piperidine rings is 1. The van der Waals surface area contributed by atoms with E-state index >= 15 is 0 Å². The fraction of sp³-hybridized carbons (Fsp3) is 0.414. The van der Waals surface area contributed by atoms with E-state index in [1.807, 2.05) is 46.0 Å². The number of carbonyl (C=O) groups excluding carboxylic acids is 2. The second-order valence-corrected chi connectivity index (χ2v) is 11.0. The summed E-state index contributed by atoms with van der Waals surface area (Å²) in [6, 6.07) is 8.36. The number of hydrogen-bond acceptors (Lipinski definition) is 6. The van der Waals surface area contributed by atoms with Crippen molar-refractivity contribution < 1.29 is 9.59 Å². The normalized spacial score (nSPS) is 15.7. The molecule has 2 amide bonds. The van der Waals surface area contributed by atoms with Gasteiger partial charge in [0.25, 0.3) is 5.91 Å². The summed E-state index contributed by atoms with van der Waals surface area (Å²) < 4.78 is 1.69. The first-order valence-electron chi connectivity index (χ1n) is 13.0. The number of hydrogen-bond donors (Lipinski definition) is 2. The molecule has 9 heteroatoms. The van der Waals surface area contributed by atoms with Crippen molar-refractivity contribution in [3.05, 3.63) is 71.8 Å². The molecular formula is C29H37N7O2. The van der Waals surface area contributed by atoms with Gasteiger partial charge in [-0.25, -0.2) is 4.68 Å². The minimum absolute atomic E-state index is 0.0683. The van der Waals surface area contributed by atoms with E-state index in [-0.39, 0.29) is 23.4 Å². The Bertz CT molecular complexity index is 1340. The molecule has 3 aromatic rings. The third-order valence-electron chi connectivity index (χ3n) is 6.79. The Morgan fingerprint density at radius 3 is 2.68 bits per heavy atom. The molecule has 1 fully saturated rings. The predicted molar refractivity (Wildman–Crippen MR) is 149 cm³/mol. The first kappa shape index (κ1) is 27.0. The first-order chi connectivity index (χ1) is 18.0. The van der Waals surface area contributed by atoms with E-state index in [0.717, 1.165) is 53.9 Å². The van der Waals surface area contributed by atoms with Crippen LogP contribution >= 0.6 is 0 Å². The maximum Gasteiger partial charge on any atom is 0.273 e. The summed E-state index contributed by atoms with van der Waals surface area (Å²) >= 11 is 0. The summed E-state index contributed by atoms with van der Waals surface area (Å²) in [4.78, 5) is 31.5. The highest BCUT2D eigenvalue weighted by atomic mass is 16.2. The highest BCUT2D eigenvalue weighted by Gasteiger charge is 2.24. The monoisotopic (exact) mass is 515 g/mol. The lowest BCUT2D eigenvalue weighted by atomic mass is 9.97. The van der Waals surface area contributed by atoms with Crippen molar-refractivity contribution in [2.45, 2.75) is 65.6 Å². The van der Waals surface area contributed by atoms with Gasteiger partial charge in [0.15, 0.2) is 5.69 Å². The Hall–Kier alpha value is -4.01. The number of benzene rings is 1. The van der Waals surface area contributed by atoms with Crippen LogP contribution in [0.2, 0.25) is 0 Å². The number of anilines is 1. The van der Waals surface area contributed by atoms with Crippen LogP contribution in [0.4, 0.5) is 5.69 Å². The first-order valence-corrected chi connectivity index (χ1v) is 13.0. The van der Waals surface area contributed by atoms with Gasteiger partial charge in [0.05, 0.1) is 23.6 Å². The van der Waals surface area contributed by atoms with Crippen LogP contribution in [0.25, 0.3) is 11.1 Å². The number of nitrogens with zero attached hydrogens (tertiary/aromatic N) is 5. The highest BCUT2D eigenvalue weighted by Crippen LogP contribution is 2.33. The molecule has 0 bridgehead atoms. The lowest BCUT2D eigenvalue weighted by Crippen LogP contribution is -2.48. The number of nitrogens with one attached hydrogen (secondary N) is 2. The highest BCUT2D eigenvalue weighted by molar-refractivity contribution is 5.92. The molecule has 0 aliphatic carbocycles. The van der Waals surface area contributed by atoms with E-state index in [1.165, 1.54) is 0 Å². The van der Waals surface area contributed by atoms with Gasteiger partial charge in [-0.3, -0.25) is 14.6 Å². The molecule has 0 unspecified atom stereocenters. The average molecular weight is 516 g/mol. The van der Waals surface area contributed by atoms with Crippen LogP contribution in [0.5, 0.6) is 0 Å². The fourth-order valence-electron chi connectivity index (χ4n) is 4.53. The molecule has 1 saturated heterocycles. The summed E-state index contributed by atoms with van der Waals surface area (Å²) in [5.41, 5.74) is 5.90. The second-order valence-electron chi connectivity index (χ2n) is 11.0. The summed E-state index contributed by atoms with van der Waals surface area (Å²) in [6.07, 6.45) is 7.29. The fourth-order valence-corrected chi connectivity index (χ4v) is 4.53. The van der Waals surface area contributed by atoms with E-state index in [9.17, 15) is 9.59 Å². The van der Waals surface area contributed by atoms with Crippen molar-refractivity contribution in [2.24, 2.45) is 0 Å². The van der Waals surface area contributed by atoms with Gasteiger partial charge in [-0.05, 0) is 70.2 Å². The molecule has 200 valence electrons. The van der Waals surface area contributed by atoms with Crippen LogP contribution in [0.15, 0.2) is 55.0 Å². The van der Waals surface area contributed by atoms with Gasteiger partial charge in [-0.2, -0.15) is 0 Å². The second kappa shape index (κ2) is 11.2. The Balaban J connectivity index is 1.46. The van der Waals surface area contributed by atoms with Gasteiger partial charge in [-0.1, -0.05) is 30.0 Å². The third-order valence-corrected chi connectivity index (χ3v) is 6.79. The van der Waals surface area contributed by atoms with Crippen molar-refractivity contribution in [3.8, 4) is 11.1 Å². The summed E-state index contributed by atoms with van der Waals surface area (Å²) in [5, 5.41) is 14.1. The molecule has 1 atom stereocenters. The van der Waals surface area contributed by atoms with Gasteiger partial charge < -0.3 is 15.5 Å². The Kier molecular flexibility index (Phi) is 7.94. The molecule has 1 aromatic carbocycles. The smallest absolute Gasteiger partial charge is 0.273 e. The van der Waals surface area contributed by atoms with Gasteiger partial charge in [0, 0.05) is 43.0 Å². The van der Waals surface area contributed by atoms with Crippen molar-refractivity contribution in [3.63, 3.8) is 0 Å². The average Bonchev–Trinajstić information content (AvgIpc) is 3.39. The maximum absolute atomic E-state index is 12.6. The quantitative estimate of drug-likeness (QED) is 0.461. The van der Waals surface area contributed by atoms with Crippen LogP contribution < -0.4 is 15.5 Å². The molecule has 4 rings (SSSR count). The lowest BCUT2D eigenvalue weighted by Gasteiger charge is -2.35. The molecule has 0 saturated carbocycles. The Labute approximate surface area is 224 Å². The summed E-state index contributed by atoms with van der Waals surface area (Å²) in [6.45, 7) is 15.6. The SMILES string of the molecule is C=C(C)C(=O)N[C@H]1CCCN(c2cnccc2-c2ccc(CNC(=O)c3cn(C(C)(C)C)nn3)c(C)c2)C1. The van der Waals surface area contributed by atoms with Crippen LogP contribution in [0, 0.1) is 6.92 Å². The number of rotatable bonds is 7.